The van der Waals surface area contributed by atoms with E-state index in [9.17, 15) is 4.79 Å². The van der Waals surface area contributed by atoms with E-state index in [0.717, 1.165) is 38.1 Å². The number of nitrogens with zero attached hydrogens (tertiary/aromatic N) is 5. The number of halogens is 1. The van der Waals surface area contributed by atoms with Crippen LogP contribution in [0.4, 0.5) is 5.95 Å². The van der Waals surface area contributed by atoms with Crippen molar-refractivity contribution in [3.05, 3.63) is 54.4 Å². The van der Waals surface area contributed by atoms with E-state index in [-0.39, 0.29) is 29.9 Å². The second-order valence-corrected chi connectivity index (χ2v) is 6.12. The molecule has 2 heterocycles. The number of anilines is 1. The van der Waals surface area contributed by atoms with Crippen LogP contribution in [-0.4, -0.2) is 73.1 Å². The maximum Gasteiger partial charge on any atom is 0.251 e. The Morgan fingerprint density at radius 1 is 1.00 bits per heavy atom. The third-order valence-corrected chi connectivity index (χ3v) is 4.36. The van der Waals surface area contributed by atoms with Crippen molar-refractivity contribution in [1.82, 2.24) is 25.5 Å². The number of carbonyl (C=O) groups excluding carboxylic acids is 1. The maximum absolute atomic E-state index is 12.0. The highest BCUT2D eigenvalue weighted by Crippen LogP contribution is 2.09. The van der Waals surface area contributed by atoms with Crippen molar-refractivity contribution in [3.63, 3.8) is 0 Å². The van der Waals surface area contributed by atoms with Crippen molar-refractivity contribution in [3.8, 4) is 0 Å². The molecule has 0 unspecified atom stereocenters. The number of hydrogen-bond acceptors (Lipinski definition) is 5. The molecule has 2 N–H and O–H groups in total. The van der Waals surface area contributed by atoms with Crippen LogP contribution in [0.3, 0.4) is 0 Å². The topological polar surface area (TPSA) is 85.8 Å². The maximum atomic E-state index is 12.0. The average Bonchev–Trinajstić information content (AvgIpc) is 2.75. The van der Waals surface area contributed by atoms with Gasteiger partial charge in [-0.3, -0.25) is 9.79 Å². The van der Waals surface area contributed by atoms with Gasteiger partial charge in [0.1, 0.15) is 0 Å². The number of aromatic nitrogens is 2. The van der Waals surface area contributed by atoms with Gasteiger partial charge in [0.15, 0.2) is 5.96 Å². The first kappa shape index (κ1) is 21.9. The predicted molar refractivity (Wildman–Crippen MR) is 121 cm³/mol. The molecule has 1 aliphatic rings. The van der Waals surface area contributed by atoms with Crippen LogP contribution in [0.2, 0.25) is 0 Å². The van der Waals surface area contributed by atoms with Crippen molar-refractivity contribution >= 4 is 41.8 Å². The molecule has 150 valence electrons. The summed E-state index contributed by atoms with van der Waals surface area (Å²) in [5, 5.41) is 6.22. The highest BCUT2D eigenvalue weighted by molar-refractivity contribution is 14.0. The Hall–Kier alpha value is -2.43. The highest BCUT2D eigenvalue weighted by Gasteiger charge is 2.20. The normalized spacial score (nSPS) is 14.2. The Morgan fingerprint density at radius 3 is 2.29 bits per heavy atom. The number of carbonyl (C=O) groups is 1. The van der Waals surface area contributed by atoms with Crippen molar-refractivity contribution in [1.29, 1.82) is 0 Å². The SMILES string of the molecule is CN=C(NCCNC(=O)c1ccccc1)N1CCN(c2ncccn2)CC1.I. The molecule has 3 rings (SSSR count). The lowest BCUT2D eigenvalue weighted by Gasteiger charge is -2.36. The summed E-state index contributed by atoms with van der Waals surface area (Å²) in [4.78, 5) is 29.4. The summed E-state index contributed by atoms with van der Waals surface area (Å²) in [5.41, 5.74) is 0.668. The van der Waals surface area contributed by atoms with E-state index < -0.39 is 0 Å². The van der Waals surface area contributed by atoms with Gasteiger partial charge in [0.25, 0.3) is 5.91 Å². The van der Waals surface area contributed by atoms with Gasteiger partial charge in [0.2, 0.25) is 5.95 Å². The smallest absolute Gasteiger partial charge is 0.251 e. The first-order chi connectivity index (χ1) is 13.3. The van der Waals surface area contributed by atoms with Crippen LogP contribution in [0.25, 0.3) is 0 Å². The third-order valence-electron chi connectivity index (χ3n) is 4.36. The Balaban J connectivity index is 0.00000280. The van der Waals surface area contributed by atoms with Crippen LogP contribution in [0.5, 0.6) is 0 Å². The minimum Gasteiger partial charge on any atom is -0.354 e. The van der Waals surface area contributed by atoms with Gasteiger partial charge in [0, 0.05) is 64.3 Å². The quantitative estimate of drug-likeness (QED) is 0.281. The number of aliphatic imine (C=N–C) groups is 1. The fraction of sp³-hybridized carbons (Fsp3) is 0.368. The summed E-state index contributed by atoms with van der Waals surface area (Å²) in [7, 11) is 1.78. The average molecular weight is 495 g/mol. The number of nitrogens with one attached hydrogen (secondary N) is 2. The van der Waals surface area contributed by atoms with Crippen LogP contribution in [0.1, 0.15) is 10.4 Å². The lowest BCUT2D eigenvalue weighted by atomic mass is 10.2. The van der Waals surface area contributed by atoms with Gasteiger partial charge in [0.05, 0.1) is 0 Å². The molecule has 1 aromatic carbocycles. The van der Waals surface area contributed by atoms with E-state index in [1.165, 1.54) is 0 Å². The molecule has 9 heteroatoms. The standard InChI is InChI=1S/C19H25N7O.HI/c1-20-18(24-11-10-21-17(27)16-6-3-2-4-7-16)25-12-14-26(15-13-25)19-22-8-5-9-23-19;/h2-9H,10-15H2,1H3,(H,20,24)(H,21,27);1H. The van der Waals surface area contributed by atoms with Gasteiger partial charge in [-0.25, -0.2) is 9.97 Å². The first-order valence-corrected chi connectivity index (χ1v) is 9.09. The monoisotopic (exact) mass is 495 g/mol. The molecule has 1 aromatic heterocycles. The molecule has 1 saturated heterocycles. The number of piperazine rings is 1. The van der Waals surface area contributed by atoms with Gasteiger partial charge in [-0.15, -0.1) is 24.0 Å². The molecule has 2 aromatic rings. The largest absolute Gasteiger partial charge is 0.354 e. The van der Waals surface area contributed by atoms with Gasteiger partial charge in [-0.05, 0) is 18.2 Å². The minimum absolute atomic E-state index is 0. The molecule has 1 amide bonds. The molecular weight excluding hydrogens is 469 g/mol. The van der Waals surface area contributed by atoms with E-state index >= 15 is 0 Å². The van der Waals surface area contributed by atoms with Crippen LogP contribution in [0.15, 0.2) is 53.8 Å². The number of amides is 1. The van der Waals surface area contributed by atoms with Gasteiger partial charge in [-0.2, -0.15) is 0 Å². The van der Waals surface area contributed by atoms with Crippen LogP contribution in [0, 0.1) is 0 Å². The number of rotatable bonds is 5. The Labute approximate surface area is 182 Å². The van der Waals surface area contributed by atoms with Gasteiger partial charge >= 0.3 is 0 Å². The Kier molecular flexibility index (Phi) is 8.92. The van der Waals surface area contributed by atoms with E-state index in [4.69, 9.17) is 0 Å². The zero-order valence-electron chi connectivity index (χ0n) is 15.9. The molecule has 0 spiro atoms. The molecule has 28 heavy (non-hydrogen) atoms. The summed E-state index contributed by atoms with van der Waals surface area (Å²) in [6.45, 7) is 4.52. The Bertz CT molecular complexity index is 749. The van der Waals surface area contributed by atoms with E-state index in [1.54, 1.807) is 31.6 Å². The zero-order chi connectivity index (χ0) is 18.9. The minimum atomic E-state index is -0.0659. The van der Waals surface area contributed by atoms with Gasteiger partial charge in [-0.1, -0.05) is 18.2 Å². The highest BCUT2D eigenvalue weighted by atomic mass is 127. The fourth-order valence-electron chi connectivity index (χ4n) is 2.95. The molecule has 0 aliphatic carbocycles. The molecular formula is C19H26IN7O. The van der Waals surface area contributed by atoms with Crippen LogP contribution >= 0.6 is 24.0 Å². The molecule has 0 saturated carbocycles. The van der Waals surface area contributed by atoms with Gasteiger partial charge < -0.3 is 20.4 Å². The van der Waals surface area contributed by atoms with E-state index in [2.05, 4.69) is 35.4 Å². The number of guanidine groups is 1. The summed E-state index contributed by atoms with van der Waals surface area (Å²) >= 11 is 0. The summed E-state index contributed by atoms with van der Waals surface area (Å²) in [6.07, 6.45) is 3.53. The second kappa shape index (κ2) is 11.4. The van der Waals surface area contributed by atoms with Crippen molar-refractivity contribution in [2.45, 2.75) is 0 Å². The molecule has 1 aliphatic heterocycles. The molecule has 0 bridgehead atoms. The lowest BCUT2D eigenvalue weighted by molar-refractivity contribution is 0.0954. The molecule has 0 radical (unpaired) electrons. The van der Waals surface area contributed by atoms with Crippen molar-refractivity contribution < 1.29 is 4.79 Å². The predicted octanol–water partition coefficient (Wildman–Crippen LogP) is 1.22. The van der Waals surface area contributed by atoms with Crippen LogP contribution < -0.4 is 15.5 Å². The fourth-order valence-corrected chi connectivity index (χ4v) is 2.95. The van der Waals surface area contributed by atoms with Crippen molar-refractivity contribution in [2.24, 2.45) is 4.99 Å². The summed E-state index contributed by atoms with van der Waals surface area (Å²) in [6, 6.07) is 11.0. The Morgan fingerprint density at radius 2 is 1.64 bits per heavy atom. The number of hydrogen-bond donors (Lipinski definition) is 2. The zero-order valence-corrected chi connectivity index (χ0v) is 18.2. The third kappa shape index (κ3) is 6.04. The molecule has 0 atom stereocenters. The lowest BCUT2D eigenvalue weighted by Crippen LogP contribution is -2.53. The second-order valence-electron chi connectivity index (χ2n) is 6.12. The molecule has 8 nitrogen and oxygen atoms in total. The van der Waals surface area contributed by atoms with Crippen LogP contribution in [-0.2, 0) is 0 Å². The van der Waals surface area contributed by atoms with E-state index in [0.29, 0.717) is 18.7 Å². The number of benzene rings is 1. The first-order valence-electron chi connectivity index (χ1n) is 9.09. The van der Waals surface area contributed by atoms with E-state index in [1.807, 2.05) is 24.3 Å². The summed E-state index contributed by atoms with van der Waals surface area (Å²) in [5.74, 6) is 1.55. The molecule has 1 fully saturated rings. The summed E-state index contributed by atoms with van der Waals surface area (Å²) < 4.78 is 0. The van der Waals surface area contributed by atoms with Crippen molar-refractivity contribution in [2.75, 3.05) is 51.2 Å².